The monoisotopic (exact) mass is 453 g/mol. The molecule has 2 rings (SSSR count). The molecule has 31 heavy (non-hydrogen) atoms. The van der Waals surface area contributed by atoms with E-state index >= 15 is 0 Å². The molecule has 1 fully saturated rings. The lowest BCUT2D eigenvalue weighted by atomic mass is 9.94. The third kappa shape index (κ3) is 7.19. The molecule has 0 atom stereocenters. The molecule has 176 valence electrons. The fourth-order valence-corrected chi connectivity index (χ4v) is 4.40. The van der Waals surface area contributed by atoms with Gasteiger partial charge in [-0.2, -0.15) is 0 Å². The van der Waals surface area contributed by atoms with Gasteiger partial charge < -0.3 is 15.0 Å². The first-order chi connectivity index (χ1) is 14.5. The van der Waals surface area contributed by atoms with Crippen LogP contribution in [-0.2, 0) is 19.6 Å². The third-order valence-corrected chi connectivity index (χ3v) is 8.18. The fraction of sp³-hybridized carbons (Fsp3) is 0.696. The van der Waals surface area contributed by atoms with E-state index in [-0.39, 0.29) is 11.5 Å². The molecular formula is C23H39N3O4S. The normalized spacial score (nSPS) is 16.9. The molecule has 1 aromatic carbocycles. The van der Waals surface area contributed by atoms with E-state index in [1.165, 1.54) is 0 Å². The molecule has 1 heterocycles. The number of ether oxygens (including phenoxy) is 1. The molecule has 8 heteroatoms. The van der Waals surface area contributed by atoms with Gasteiger partial charge in [0.25, 0.3) is 0 Å². The second-order valence-electron chi connectivity index (χ2n) is 9.22. The number of unbranched alkanes of at least 4 members (excludes halogenated alkanes) is 1. The number of hydrogen-bond donors (Lipinski definition) is 2. The van der Waals surface area contributed by atoms with Crippen molar-refractivity contribution >= 4 is 27.3 Å². The highest BCUT2D eigenvalue weighted by Gasteiger charge is 2.33. The number of nitrogens with one attached hydrogen (secondary N) is 2. The van der Waals surface area contributed by atoms with Crippen LogP contribution in [0.25, 0.3) is 0 Å². The summed E-state index contributed by atoms with van der Waals surface area (Å²) in [5.74, 6) is -0.0613. The molecule has 0 aliphatic carbocycles. The van der Waals surface area contributed by atoms with Crippen LogP contribution in [0.1, 0.15) is 66.7 Å². The highest BCUT2D eigenvalue weighted by Crippen LogP contribution is 2.29. The van der Waals surface area contributed by atoms with Gasteiger partial charge in [0.2, 0.25) is 15.9 Å². The molecule has 1 aromatic rings. The van der Waals surface area contributed by atoms with Crippen molar-refractivity contribution in [2.75, 3.05) is 36.5 Å². The fourth-order valence-electron chi connectivity index (χ4n) is 3.56. The summed E-state index contributed by atoms with van der Waals surface area (Å²) >= 11 is 0. The predicted molar refractivity (Wildman–Crippen MR) is 127 cm³/mol. The van der Waals surface area contributed by atoms with Crippen molar-refractivity contribution in [1.29, 1.82) is 0 Å². The Bertz CT molecular complexity index is 812. The zero-order chi connectivity index (χ0) is 23.1. The lowest BCUT2D eigenvalue weighted by Gasteiger charge is -2.43. The Morgan fingerprint density at radius 2 is 1.77 bits per heavy atom. The predicted octanol–water partition coefficient (Wildman–Crippen LogP) is 3.91. The van der Waals surface area contributed by atoms with Crippen molar-refractivity contribution in [2.24, 2.45) is 0 Å². The Morgan fingerprint density at radius 1 is 1.13 bits per heavy atom. The number of benzene rings is 1. The van der Waals surface area contributed by atoms with Crippen LogP contribution in [0.4, 0.5) is 11.4 Å². The average molecular weight is 454 g/mol. The van der Waals surface area contributed by atoms with Crippen molar-refractivity contribution in [2.45, 2.75) is 77.1 Å². The van der Waals surface area contributed by atoms with Gasteiger partial charge in [-0.25, -0.2) is 13.1 Å². The van der Waals surface area contributed by atoms with Crippen LogP contribution in [-0.4, -0.2) is 50.9 Å². The molecule has 0 saturated carbocycles. The molecule has 0 spiro atoms. The van der Waals surface area contributed by atoms with Crippen LogP contribution in [0, 0.1) is 0 Å². The number of carbonyl (C=O) groups excluding carboxylic acids is 1. The minimum atomic E-state index is -3.33. The summed E-state index contributed by atoms with van der Waals surface area (Å²) < 4.78 is 31.8. The zero-order valence-corrected chi connectivity index (χ0v) is 20.5. The van der Waals surface area contributed by atoms with Gasteiger partial charge in [-0.05, 0) is 70.7 Å². The summed E-state index contributed by atoms with van der Waals surface area (Å²) in [5, 5.41) is 2.92. The lowest BCUT2D eigenvalue weighted by Crippen LogP contribution is -2.51. The Morgan fingerprint density at radius 3 is 2.35 bits per heavy atom. The maximum Gasteiger partial charge on any atom is 0.224 e. The van der Waals surface area contributed by atoms with Crippen LogP contribution in [0.2, 0.25) is 0 Å². The first-order valence-corrected chi connectivity index (χ1v) is 12.8. The largest absolute Gasteiger partial charge is 0.371 e. The number of hydrogen-bond acceptors (Lipinski definition) is 5. The average Bonchev–Trinajstić information content (AvgIpc) is 2.73. The number of morpholine rings is 1. The smallest absolute Gasteiger partial charge is 0.224 e. The first kappa shape index (κ1) is 25.6. The van der Waals surface area contributed by atoms with Crippen LogP contribution in [0.5, 0.6) is 0 Å². The van der Waals surface area contributed by atoms with Gasteiger partial charge in [-0.3, -0.25) is 4.79 Å². The number of anilines is 2. The van der Waals surface area contributed by atoms with E-state index in [9.17, 15) is 13.2 Å². The highest BCUT2D eigenvalue weighted by atomic mass is 32.2. The van der Waals surface area contributed by atoms with E-state index in [1.807, 2.05) is 24.3 Å². The quantitative estimate of drug-likeness (QED) is 0.525. The SMILES string of the molecule is CCC1(CC)CN(c2ccc(NC(=O)CCCCNS(=O)(=O)C(C)(C)C)cc2)CCO1. The van der Waals surface area contributed by atoms with Crippen molar-refractivity contribution in [3.63, 3.8) is 0 Å². The Kier molecular flexibility index (Phi) is 8.92. The summed E-state index contributed by atoms with van der Waals surface area (Å²) in [4.78, 5) is 14.6. The van der Waals surface area contributed by atoms with Gasteiger partial charge in [0.1, 0.15) is 0 Å². The van der Waals surface area contributed by atoms with Crippen LogP contribution >= 0.6 is 0 Å². The number of sulfonamides is 1. The minimum Gasteiger partial charge on any atom is -0.371 e. The van der Waals surface area contributed by atoms with Crippen molar-refractivity contribution in [3.05, 3.63) is 24.3 Å². The molecule has 1 amide bonds. The zero-order valence-electron chi connectivity index (χ0n) is 19.7. The molecule has 0 unspecified atom stereocenters. The Balaban J connectivity index is 1.77. The molecule has 2 N–H and O–H groups in total. The molecule has 1 aliphatic heterocycles. The van der Waals surface area contributed by atoms with E-state index < -0.39 is 14.8 Å². The molecule has 7 nitrogen and oxygen atoms in total. The van der Waals surface area contributed by atoms with E-state index in [2.05, 4.69) is 28.8 Å². The van der Waals surface area contributed by atoms with Gasteiger partial charge in [-0.1, -0.05) is 13.8 Å². The maximum atomic E-state index is 12.2. The molecular weight excluding hydrogens is 414 g/mol. The van der Waals surface area contributed by atoms with Crippen LogP contribution in [0.3, 0.4) is 0 Å². The summed E-state index contributed by atoms with van der Waals surface area (Å²) in [6.45, 7) is 12.2. The molecule has 0 radical (unpaired) electrons. The number of rotatable bonds is 10. The van der Waals surface area contributed by atoms with Crippen molar-refractivity contribution in [1.82, 2.24) is 4.72 Å². The Hall–Kier alpha value is -1.64. The van der Waals surface area contributed by atoms with Crippen molar-refractivity contribution in [3.8, 4) is 0 Å². The van der Waals surface area contributed by atoms with E-state index in [4.69, 9.17) is 4.74 Å². The van der Waals surface area contributed by atoms with Crippen LogP contribution in [0.15, 0.2) is 24.3 Å². The van der Waals surface area contributed by atoms with E-state index in [1.54, 1.807) is 20.8 Å². The summed E-state index contributed by atoms with van der Waals surface area (Å²) in [6, 6.07) is 7.94. The summed E-state index contributed by atoms with van der Waals surface area (Å²) in [7, 11) is -3.33. The van der Waals surface area contributed by atoms with E-state index in [0.29, 0.717) is 25.8 Å². The summed E-state index contributed by atoms with van der Waals surface area (Å²) in [5.41, 5.74) is 1.83. The van der Waals surface area contributed by atoms with E-state index in [0.717, 1.165) is 43.9 Å². The van der Waals surface area contributed by atoms with Crippen LogP contribution < -0.4 is 14.9 Å². The molecule has 0 bridgehead atoms. The number of carbonyl (C=O) groups is 1. The highest BCUT2D eigenvalue weighted by molar-refractivity contribution is 7.90. The molecule has 0 aromatic heterocycles. The second-order valence-corrected chi connectivity index (χ2v) is 11.7. The number of amides is 1. The third-order valence-electron chi connectivity index (χ3n) is 5.98. The van der Waals surface area contributed by atoms with Gasteiger partial charge in [-0.15, -0.1) is 0 Å². The minimum absolute atomic E-state index is 0.0613. The Labute approximate surface area is 188 Å². The molecule has 1 saturated heterocycles. The van der Waals surface area contributed by atoms with Gasteiger partial charge in [0, 0.05) is 37.4 Å². The lowest BCUT2D eigenvalue weighted by molar-refractivity contribution is -0.116. The maximum absolute atomic E-state index is 12.2. The van der Waals surface area contributed by atoms with Gasteiger partial charge in [0.15, 0.2) is 0 Å². The first-order valence-electron chi connectivity index (χ1n) is 11.3. The number of nitrogens with zero attached hydrogens (tertiary/aromatic N) is 1. The topological polar surface area (TPSA) is 87.7 Å². The summed E-state index contributed by atoms with van der Waals surface area (Å²) in [6.07, 6.45) is 3.59. The van der Waals surface area contributed by atoms with Crippen molar-refractivity contribution < 1.29 is 17.9 Å². The standard InChI is InChI=1S/C23H39N3O4S/c1-6-23(7-2)18-26(16-17-30-23)20-13-11-19(12-14-20)25-21(27)10-8-9-15-24-31(28,29)22(3,4)5/h11-14,24H,6-10,15-18H2,1-5H3,(H,25,27). The van der Waals surface area contributed by atoms with Gasteiger partial charge >= 0.3 is 0 Å². The van der Waals surface area contributed by atoms with Gasteiger partial charge in [0.05, 0.1) is 17.0 Å². The molecule has 1 aliphatic rings. The second kappa shape index (κ2) is 10.8.